The summed E-state index contributed by atoms with van der Waals surface area (Å²) in [6.45, 7) is 3.17. The summed E-state index contributed by atoms with van der Waals surface area (Å²) in [6.07, 6.45) is -0.601. The van der Waals surface area contributed by atoms with Crippen LogP contribution >= 0.6 is 0 Å². The van der Waals surface area contributed by atoms with Crippen LogP contribution in [0.15, 0.2) is 54.6 Å². The number of hydrogen-bond donors (Lipinski definition) is 2. The van der Waals surface area contributed by atoms with E-state index in [0.717, 1.165) is 0 Å². The number of benzene rings is 2. The summed E-state index contributed by atoms with van der Waals surface area (Å²) >= 11 is 0. The van der Waals surface area contributed by atoms with E-state index in [0.29, 0.717) is 12.0 Å². The zero-order valence-corrected chi connectivity index (χ0v) is 14.7. The van der Waals surface area contributed by atoms with Crippen molar-refractivity contribution in [3.63, 3.8) is 0 Å². The first-order chi connectivity index (χ1) is 12.4. The van der Waals surface area contributed by atoms with Crippen LogP contribution in [0.5, 0.6) is 5.75 Å². The van der Waals surface area contributed by atoms with Crippen LogP contribution in [0.1, 0.15) is 25.8 Å². The molecule has 2 aromatic rings. The van der Waals surface area contributed by atoms with E-state index in [9.17, 15) is 19.1 Å². The molecule has 0 bridgehead atoms. The number of halogens is 1. The minimum atomic E-state index is -1.28. The van der Waals surface area contributed by atoms with Crippen LogP contribution in [0, 0.1) is 5.82 Å². The number of nitrogens with one attached hydrogen (secondary N) is 1. The second kappa shape index (κ2) is 8.47. The molecule has 26 heavy (non-hydrogen) atoms. The summed E-state index contributed by atoms with van der Waals surface area (Å²) in [6, 6.07) is 14.5. The van der Waals surface area contributed by atoms with E-state index >= 15 is 0 Å². The Morgan fingerprint density at radius 2 is 1.77 bits per heavy atom. The maximum Gasteiger partial charge on any atom is 0.315 e. The van der Waals surface area contributed by atoms with Gasteiger partial charge < -0.3 is 15.2 Å². The third-order valence-electron chi connectivity index (χ3n) is 4.27. The van der Waals surface area contributed by atoms with Crippen LogP contribution in [0.25, 0.3) is 0 Å². The Bertz CT molecular complexity index is 765. The van der Waals surface area contributed by atoms with Gasteiger partial charge in [0.1, 0.15) is 5.41 Å². The first-order valence-electron chi connectivity index (χ1n) is 8.36. The van der Waals surface area contributed by atoms with E-state index in [1.807, 2.05) is 0 Å². The van der Waals surface area contributed by atoms with Gasteiger partial charge in [0.25, 0.3) is 5.91 Å². The molecule has 0 spiro atoms. The Balaban J connectivity index is 2.09. The number of amides is 1. The summed E-state index contributed by atoms with van der Waals surface area (Å²) < 4.78 is 19.2. The lowest BCUT2D eigenvalue weighted by Crippen LogP contribution is -2.48. The summed E-state index contributed by atoms with van der Waals surface area (Å²) in [5.74, 6) is -2.11. The molecular formula is C20H22FNO4. The molecule has 2 rings (SSSR count). The molecule has 138 valence electrons. The maximum absolute atomic E-state index is 13.7. The number of carboxylic acid groups (broad SMARTS) is 1. The Kier molecular flexibility index (Phi) is 6.33. The lowest BCUT2D eigenvalue weighted by Gasteiger charge is -2.27. The molecule has 6 heteroatoms. The monoisotopic (exact) mass is 359 g/mol. The van der Waals surface area contributed by atoms with Gasteiger partial charge in [-0.15, -0.1) is 0 Å². The molecule has 0 aliphatic heterocycles. The average molecular weight is 359 g/mol. The molecule has 0 heterocycles. The zero-order chi connectivity index (χ0) is 19.2. The van der Waals surface area contributed by atoms with E-state index < -0.39 is 29.2 Å². The normalized spacial score (nSPS) is 14.1. The molecule has 0 aromatic heterocycles. The van der Waals surface area contributed by atoms with E-state index in [1.165, 1.54) is 18.2 Å². The van der Waals surface area contributed by atoms with Gasteiger partial charge in [-0.05, 0) is 31.0 Å². The van der Waals surface area contributed by atoms with Gasteiger partial charge in [-0.1, -0.05) is 49.4 Å². The number of hydrogen-bond acceptors (Lipinski definition) is 3. The summed E-state index contributed by atoms with van der Waals surface area (Å²) in [4.78, 5) is 24.2. The highest BCUT2D eigenvalue weighted by Gasteiger charge is 2.36. The fraction of sp³-hybridized carbons (Fsp3) is 0.300. The Labute approximate surface area is 151 Å². The Morgan fingerprint density at radius 1 is 1.15 bits per heavy atom. The molecule has 1 amide bonds. The number of rotatable bonds is 8. The highest BCUT2D eigenvalue weighted by atomic mass is 19.1. The largest absolute Gasteiger partial charge is 0.481 e. The fourth-order valence-electron chi connectivity index (χ4n) is 2.50. The molecule has 0 fully saturated rings. The van der Waals surface area contributed by atoms with Crippen molar-refractivity contribution in [1.29, 1.82) is 0 Å². The third-order valence-corrected chi connectivity index (χ3v) is 4.27. The highest BCUT2D eigenvalue weighted by molar-refractivity contribution is 5.85. The van der Waals surface area contributed by atoms with Gasteiger partial charge in [-0.2, -0.15) is 0 Å². The van der Waals surface area contributed by atoms with Crippen LogP contribution in [0.2, 0.25) is 0 Å². The van der Waals surface area contributed by atoms with Crippen molar-refractivity contribution in [2.75, 3.05) is 6.54 Å². The van der Waals surface area contributed by atoms with Gasteiger partial charge in [-0.3, -0.25) is 9.59 Å². The molecule has 2 atom stereocenters. The van der Waals surface area contributed by atoms with Gasteiger partial charge in [0.2, 0.25) is 0 Å². The van der Waals surface area contributed by atoms with E-state index in [2.05, 4.69) is 5.32 Å². The van der Waals surface area contributed by atoms with Crippen molar-refractivity contribution < 1.29 is 23.8 Å². The second-order valence-electron chi connectivity index (χ2n) is 6.17. The van der Waals surface area contributed by atoms with Crippen molar-refractivity contribution in [3.05, 3.63) is 66.0 Å². The standard InChI is InChI=1S/C20H22FNO4/c1-3-16(26-17-12-8-7-11-15(17)21)18(23)22-13-20(2,19(24)25)14-9-5-4-6-10-14/h4-12,16H,3,13H2,1-2H3,(H,22,23)(H,24,25). The minimum absolute atomic E-state index is 0.0152. The summed E-state index contributed by atoms with van der Waals surface area (Å²) in [5.41, 5.74) is -0.705. The molecule has 0 aliphatic carbocycles. The van der Waals surface area contributed by atoms with Crippen LogP contribution in [-0.4, -0.2) is 29.6 Å². The molecule has 2 aromatic carbocycles. The van der Waals surface area contributed by atoms with Crippen molar-refractivity contribution in [3.8, 4) is 5.75 Å². The fourth-order valence-corrected chi connectivity index (χ4v) is 2.50. The van der Waals surface area contributed by atoms with Gasteiger partial charge in [0.05, 0.1) is 0 Å². The minimum Gasteiger partial charge on any atom is -0.481 e. The van der Waals surface area contributed by atoms with Gasteiger partial charge in [-0.25, -0.2) is 4.39 Å². The first kappa shape index (κ1) is 19.4. The molecule has 0 saturated carbocycles. The molecule has 2 N–H and O–H groups in total. The van der Waals surface area contributed by atoms with Gasteiger partial charge in [0, 0.05) is 6.54 Å². The third kappa shape index (κ3) is 4.39. The number of carboxylic acids is 1. The van der Waals surface area contributed by atoms with Crippen molar-refractivity contribution in [2.45, 2.75) is 31.8 Å². The number of ether oxygens (including phenoxy) is 1. The maximum atomic E-state index is 13.7. The Hall–Kier alpha value is -2.89. The van der Waals surface area contributed by atoms with E-state index in [1.54, 1.807) is 50.2 Å². The van der Waals surface area contributed by atoms with E-state index in [4.69, 9.17) is 4.74 Å². The number of carbonyl (C=O) groups is 2. The summed E-state index contributed by atoms with van der Waals surface area (Å²) in [5, 5.41) is 12.3. The predicted molar refractivity (Wildman–Crippen MR) is 95.5 cm³/mol. The number of para-hydroxylation sites is 1. The quantitative estimate of drug-likeness (QED) is 0.759. The van der Waals surface area contributed by atoms with Gasteiger partial charge in [0.15, 0.2) is 17.7 Å². The lowest BCUT2D eigenvalue weighted by atomic mass is 9.82. The first-order valence-corrected chi connectivity index (χ1v) is 8.36. The average Bonchev–Trinajstić information content (AvgIpc) is 2.65. The molecule has 0 saturated heterocycles. The molecule has 5 nitrogen and oxygen atoms in total. The van der Waals surface area contributed by atoms with Gasteiger partial charge >= 0.3 is 5.97 Å². The van der Waals surface area contributed by atoms with Crippen molar-refractivity contribution >= 4 is 11.9 Å². The van der Waals surface area contributed by atoms with Crippen LogP contribution in [-0.2, 0) is 15.0 Å². The van der Waals surface area contributed by atoms with Crippen LogP contribution in [0.4, 0.5) is 4.39 Å². The SMILES string of the molecule is CCC(Oc1ccccc1F)C(=O)NCC(C)(C(=O)O)c1ccccc1. The Morgan fingerprint density at radius 3 is 2.35 bits per heavy atom. The lowest BCUT2D eigenvalue weighted by molar-refractivity contribution is -0.143. The van der Waals surface area contributed by atoms with Crippen molar-refractivity contribution in [2.24, 2.45) is 0 Å². The molecule has 0 radical (unpaired) electrons. The number of aliphatic carboxylic acids is 1. The topological polar surface area (TPSA) is 75.6 Å². The predicted octanol–water partition coefficient (Wildman–Crippen LogP) is 3.14. The molecule has 2 unspecified atom stereocenters. The second-order valence-corrected chi connectivity index (χ2v) is 6.17. The smallest absolute Gasteiger partial charge is 0.315 e. The number of carbonyl (C=O) groups excluding carboxylic acids is 1. The van der Waals surface area contributed by atoms with E-state index in [-0.39, 0.29) is 12.3 Å². The highest BCUT2D eigenvalue weighted by Crippen LogP contribution is 2.24. The zero-order valence-electron chi connectivity index (χ0n) is 14.7. The van der Waals surface area contributed by atoms with Crippen molar-refractivity contribution in [1.82, 2.24) is 5.32 Å². The molecular weight excluding hydrogens is 337 g/mol. The molecule has 0 aliphatic rings. The van der Waals surface area contributed by atoms with Crippen LogP contribution in [0.3, 0.4) is 0 Å². The summed E-state index contributed by atoms with van der Waals surface area (Å²) in [7, 11) is 0. The van der Waals surface area contributed by atoms with Crippen LogP contribution < -0.4 is 10.1 Å².